The lowest BCUT2D eigenvalue weighted by Crippen LogP contribution is -2.04. The van der Waals surface area contributed by atoms with E-state index in [2.05, 4.69) is 29.2 Å². The molecule has 0 saturated heterocycles. The van der Waals surface area contributed by atoms with Gasteiger partial charge in [0.15, 0.2) is 0 Å². The molecule has 3 heteroatoms. The topological polar surface area (TPSA) is 26.3 Å². The third kappa shape index (κ3) is 3.18. The largest absolute Gasteiger partial charge is 0.458 e. The zero-order chi connectivity index (χ0) is 9.68. The molecule has 0 radical (unpaired) electrons. The number of carbonyl (C=O) groups is 1. The first kappa shape index (κ1) is 10.2. The molecule has 1 aromatic rings. The van der Waals surface area contributed by atoms with Crippen molar-refractivity contribution in [3.05, 3.63) is 46.1 Å². The van der Waals surface area contributed by atoms with Gasteiger partial charge in [-0.3, -0.25) is 0 Å². The molecule has 0 N–H and O–H groups in total. The first-order valence-corrected chi connectivity index (χ1v) is 4.85. The average molecular weight is 288 g/mol. The molecule has 13 heavy (non-hydrogen) atoms. The summed E-state index contributed by atoms with van der Waals surface area (Å²) in [7, 11) is 0. The minimum absolute atomic E-state index is 0.255. The summed E-state index contributed by atoms with van der Waals surface area (Å²) in [5, 5.41) is 0. The van der Waals surface area contributed by atoms with Gasteiger partial charge in [-0.05, 0) is 46.9 Å². The van der Waals surface area contributed by atoms with E-state index in [0.29, 0.717) is 5.56 Å². The van der Waals surface area contributed by atoms with Gasteiger partial charge in [0.05, 0.1) is 5.56 Å². The smallest absolute Gasteiger partial charge is 0.338 e. The molecule has 0 atom stereocenters. The number of esters is 1. The van der Waals surface area contributed by atoms with Crippen LogP contribution >= 0.6 is 22.6 Å². The van der Waals surface area contributed by atoms with E-state index in [0.717, 1.165) is 3.57 Å². The Morgan fingerprint density at radius 1 is 1.46 bits per heavy atom. The monoisotopic (exact) mass is 288 g/mol. The number of hydrogen-bond donors (Lipinski definition) is 0. The van der Waals surface area contributed by atoms with E-state index in [9.17, 15) is 4.79 Å². The number of ether oxygens (including phenoxy) is 1. The van der Waals surface area contributed by atoms with Crippen LogP contribution in [0.5, 0.6) is 0 Å². The van der Waals surface area contributed by atoms with E-state index < -0.39 is 0 Å². The molecule has 1 rings (SSSR count). The van der Waals surface area contributed by atoms with Crippen LogP contribution in [0.3, 0.4) is 0 Å². The van der Waals surface area contributed by atoms with Crippen molar-refractivity contribution in [3.8, 4) is 0 Å². The summed E-state index contributed by atoms with van der Waals surface area (Å²) in [4.78, 5) is 11.2. The molecule has 0 aromatic heterocycles. The quantitative estimate of drug-likeness (QED) is 0.485. The van der Waals surface area contributed by atoms with Gasteiger partial charge >= 0.3 is 5.97 Å². The Balaban J connectivity index is 2.66. The second-order valence-corrected chi connectivity index (χ2v) is 3.64. The molecule has 0 unspecified atom stereocenters. The maximum absolute atomic E-state index is 11.2. The minimum atomic E-state index is -0.309. The highest BCUT2D eigenvalue weighted by Gasteiger charge is 2.04. The first-order chi connectivity index (χ1) is 6.24. The van der Waals surface area contributed by atoms with Gasteiger partial charge in [0.1, 0.15) is 6.61 Å². The van der Waals surface area contributed by atoms with E-state index in [4.69, 9.17) is 4.74 Å². The van der Waals surface area contributed by atoms with Crippen molar-refractivity contribution in [1.82, 2.24) is 0 Å². The van der Waals surface area contributed by atoms with E-state index in [1.165, 1.54) is 0 Å². The fraction of sp³-hybridized carbons (Fsp3) is 0.100. The molecular formula is C10H9IO2. The second kappa shape index (κ2) is 5.01. The Labute approximate surface area is 90.7 Å². The highest BCUT2D eigenvalue weighted by molar-refractivity contribution is 14.1. The van der Waals surface area contributed by atoms with Crippen LogP contribution in [0.1, 0.15) is 10.4 Å². The van der Waals surface area contributed by atoms with Crippen LogP contribution in [0.25, 0.3) is 0 Å². The molecule has 0 aliphatic rings. The van der Waals surface area contributed by atoms with Gasteiger partial charge in [0.2, 0.25) is 0 Å². The van der Waals surface area contributed by atoms with Crippen molar-refractivity contribution in [2.75, 3.05) is 6.61 Å². The third-order valence-corrected chi connectivity index (χ3v) is 2.13. The van der Waals surface area contributed by atoms with E-state index in [-0.39, 0.29) is 12.6 Å². The fourth-order valence-electron chi connectivity index (χ4n) is 0.804. The summed E-state index contributed by atoms with van der Waals surface area (Å²) in [5.74, 6) is -0.309. The Kier molecular flexibility index (Phi) is 3.95. The van der Waals surface area contributed by atoms with Crippen LogP contribution in [0.2, 0.25) is 0 Å². The van der Waals surface area contributed by atoms with Gasteiger partial charge in [-0.2, -0.15) is 0 Å². The fourth-order valence-corrected chi connectivity index (χ4v) is 1.16. The van der Waals surface area contributed by atoms with Crippen LogP contribution in [-0.2, 0) is 4.74 Å². The normalized spacial score (nSPS) is 9.31. The van der Waals surface area contributed by atoms with Crippen molar-refractivity contribution < 1.29 is 9.53 Å². The maximum Gasteiger partial charge on any atom is 0.338 e. The molecular weight excluding hydrogens is 279 g/mol. The Morgan fingerprint density at radius 3 is 2.62 bits per heavy atom. The molecule has 0 spiro atoms. The molecule has 0 saturated carbocycles. The Bertz CT molecular complexity index is 303. The Morgan fingerprint density at radius 2 is 2.08 bits per heavy atom. The molecule has 0 heterocycles. The van der Waals surface area contributed by atoms with Crippen LogP contribution in [-0.4, -0.2) is 12.6 Å². The van der Waals surface area contributed by atoms with Crippen molar-refractivity contribution in [2.24, 2.45) is 0 Å². The molecule has 0 aliphatic heterocycles. The van der Waals surface area contributed by atoms with Gasteiger partial charge in [-0.1, -0.05) is 12.7 Å². The Hall–Kier alpha value is -0.840. The summed E-state index contributed by atoms with van der Waals surface area (Å²) < 4.78 is 5.95. The van der Waals surface area contributed by atoms with Crippen LogP contribution in [0.15, 0.2) is 36.9 Å². The number of hydrogen-bond acceptors (Lipinski definition) is 2. The summed E-state index contributed by atoms with van der Waals surface area (Å²) in [6.45, 7) is 3.72. The van der Waals surface area contributed by atoms with E-state index >= 15 is 0 Å². The van der Waals surface area contributed by atoms with Crippen LogP contribution in [0, 0.1) is 3.57 Å². The lowest BCUT2D eigenvalue weighted by atomic mass is 10.2. The van der Waals surface area contributed by atoms with Crippen molar-refractivity contribution in [2.45, 2.75) is 0 Å². The summed E-state index contributed by atoms with van der Waals surface area (Å²) in [5.41, 5.74) is 0.572. The van der Waals surface area contributed by atoms with Crippen LogP contribution < -0.4 is 0 Å². The van der Waals surface area contributed by atoms with Gasteiger partial charge in [0, 0.05) is 3.57 Å². The van der Waals surface area contributed by atoms with Gasteiger partial charge in [-0.15, -0.1) is 0 Å². The molecule has 0 bridgehead atoms. The first-order valence-electron chi connectivity index (χ1n) is 3.77. The van der Waals surface area contributed by atoms with Crippen molar-refractivity contribution in [1.29, 1.82) is 0 Å². The highest BCUT2D eigenvalue weighted by Crippen LogP contribution is 2.07. The third-order valence-electron chi connectivity index (χ3n) is 1.41. The number of rotatable bonds is 3. The van der Waals surface area contributed by atoms with Gasteiger partial charge in [-0.25, -0.2) is 4.79 Å². The molecule has 0 amide bonds. The average Bonchev–Trinajstić information content (AvgIpc) is 2.15. The van der Waals surface area contributed by atoms with Gasteiger partial charge < -0.3 is 4.74 Å². The lowest BCUT2D eigenvalue weighted by molar-refractivity contribution is 0.0550. The zero-order valence-electron chi connectivity index (χ0n) is 7.00. The van der Waals surface area contributed by atoms with E-state index in [1.807, 2.05) is 12.1 Å². The maximum atomic E-state index is 11.2. The predicted molar refractivity (Wildman–Crippen MR) is 59.6 cm³/mol. The van der Waals surface area contributed by atoms with E-state index in [1.54, 1.807) is 18.2 Å². The minimum Gasteiger partial charge on any atom is -0.458 e. The SMILES string of the molecule is C=CCOC(=O)c1ccc(I)cc1. The number of halogens is 1. The van der Waals surface area contributed by atoms with Crippen molar-refractivity contribution in [3.63, 3.8) is 0 Å². The highest BCUT2D eigenvalue weighted by atomic mass is 127. The van der Waals surface area contributed by atoms with Gasteiger partial charge in [0.25, 0.3) is 0 Å². The molecule has 68 valence electrons. The molecule has 0 aliphatic carbocycles. The second-order valence-electron chi connectivity index (χ2n) is 2.39. The summed E-state index contributed by atoms with van der Waals surface area (Å²) in [6, 6.07) is 7.22. The zero-order valence-corrected chi connectivity index (χ0v) is 9.15. The number of benzene rings is 1. The summed E-state index contributed by atoms with van der Waals surface area (Å²) in [6.07, 6.45) is 1.55. The predicted octanol–water partition coefficient (Wildman–Crippen LogP) is 2.63. The van der Waals surface area contributed by atoms with Crippen LogP contribution in [0.4, 0.5) is 0 Å². The number of carbonyl (C=O) groups excluding carboxylic acids is 1. The van der Waals surface area contributed by atoms with Crippen molar-refractivity contribution >= 4 is 28.6 Å². The lowest BCUT2D eigenvalue weighted by Gasteiger charge is -2.00. The standard InChI is InChI=1S/C10H9IO2/c1-2-7-13-10(12)8-3-5-9(11)6-4-8/h2-6H,1,7H2. The molecule has 2 nitrogen and oxygen atoms in total. The molecule has 0 fully saturated rings. The summed E-state index contributed by atoms with van der Waals surface area (Å²) >= 11 is 2.18. The molecule has 1 aromatic carbocycles.